The minimum Gasteiger partial charge on any atom is -0.482 e. The van der Waals surface area contributed by atoms with Crippen molar-refractivity contribution in [1.29, 1.82) is 0 Å². The summed E-state index contributed by atoms with van der Waals surface area (Å²) in [4.78, 5) is 10.2. The van der Waals surface area contributed by atoms with E-state index in [1.54, 1.807) is 0 Å². The third-order valence-corrected chi connectivity index (χ3v) is 4.72. The van der Waals surface area contributed by atoms with Gasteiger partial charge < -0.3 is 29.2 Å². The third kappa shape index (κ3) is 3.71. The van der Waals surface area contributed by atoms with E-state index in [4.69, 9.17) is 18.9 Å². The molecule has 2 aromatic carbocycles. The van der Waals surface area contributed by atoms with Crippen molar-refractivity contribution in [3.05, 3.63) is 70.3 Å². The van der Waals surface area contributed by atoms with Crippen LogP contribution in [0, 0.1) is 10.1 Å². The Morgan fingerprint density at radius 2 is 1.75 bits per heavy atom. The van der Waals surface area contributed by atoms with E-state index < -0.39 is 41.9 Å². The minimum absolute atomic E-state index is 0.0909. The molecular weight excluding hydrogens is 370 g/mol. The van der Waals surface area contributed by atoms with Crippen LogP contribution < -0.4 is 4.74 Å². The first-order valence-electron chi connectivity index (χ1n) is 8.77. The van der Waals surface area contributed by atoms with Crippen molar-refractivity contribution >= 4 is 5.69 Å². The quantitative estimate of drug-likeness (QED) is 0.597. The number of nitro benzene ring substituents is 1. The zero-order valence-electron chi connectivity index (χ0n) is 14.7. The third-order valence-electron chi connectivity index (χ3n) is 4.72. The summed E-state index contributed by atoms with van der Waals surface area (Å²) in [5, 5.41) is 31.7. The molecule has 0 saturated carbocycles. The minimum atomic E-state index is -1.41. The van der Waals surface area contributed by atoms with E-state index in [0.717, 1.165) is 5.56 Å². The van der Waals surface area contributed by atoms with E-state index in [1.807, 2.05) is 30.3 Å². The SMILES string of the molecule is O=[N+]([O-])c1ccc(O[C@@H]2[C@@H](O)[C@@H]3OC(c4ccccc4)OC[C@H]3O[C@@H]2O)cc1. The monoisotopic (exact) mass is 389 g/mol. The molecule has 0 amide bonds. The van der Waals surface area contributed by atoms with Gasteiger partial charge in [0.25, 0.3) is 5.69 Å². The summed E-state index contributed by atoms with van der Waals surface area (Å²) in [6.45, 7) is 0.141. The van der Waals surface area contributed by atoms with Gasteiger partial charge in [0.2, 0.25) is 0 Å². The van der Waals surface area contributed by atoms with Gasteiger partial charge in [-0.3, -0.25) is 10.1 Å². The van der Waals surface area contributed by atoms with Crippen molar-refractivity contribution in [1.82, 2.24) is 0 Å². The second kappa shape index (κ2) is 7.82. The Hall–Kier alpha value is -2.56. The van der Waals surface area contributed by atoms with Gasteiger partial charge in [-0.05, 0) is 12.1 Å². The van der Waals surface area contributed by atoms with Gasteiger partial charge in [0.1, 0.15) is 24.1 Å². The molecule has 0 radical (unpaired) electrons. The van der Waals surface area contributed by atoms with Crippen LogP contribution in [0.2, 0.25) is 0 Å². The van der Waals surface area contributed by atoms with E-state index in [1.165, 1.54) is 24.3 Å². The molecule has 0 aliphatic carbocycles. The summed E-state index contributed by atoms with van der Waals surface area (Å²) in [5.74, 6) is 0.252. The topological polar surface area (TPSA) is 121 Å². The van der Waals surface area contributed by atoms with E-state index >= 15 is 0 Å². The maximum Gasteiger partial charge on any atom is 0.269 e. The molecule has 4 rings (SSSR count). The maximum absolute atomic E-state index is 10.7. The molecule has 2 N–H and O–H groups in total. The molecular formula is C19H19NO8. The van der Waals surface area contributed by atoms with Crippen LogP contribution in [-0.4, -0.2) is 52.4 Å². The Bertz CT molecular complexity index is 814. The van der Waals surface area contributed by atoms with Gasteiger partial charge in [0.05, 0.1) is 11.5 Å². The predicted molar refractivity (Wildman–Crippen MR) is 94.4 cm³/mol. The molecule has 2 aliphatic heterocycles. The molecule has 0 spiro atoms. The van der Waals surface area contributed by atoms with Crippen molar-refractivity contribution in [3.63, 3.8) is 0 Å². The number of hydrogen-bond acceptors (Lipinski definition) is 8. The van der Waals surface area contributed by atoms with Gasteiger partial charge in [0.15, 0.2) is 18.7 Å². The van der Waals surface area contributed by atoms with E-state index in [0.29, 0.717) is 0 Å². The second-order valence-electron chi connectivity index (χ2n) is 6.57. The summed E-state index contributed by atoms with van der Waals surface area (Å²) in [6.07, 6.45) is -5.83. The van der Waals surface area contributed by atoms with Crippen molar-refractivity contribution < 1.29 is 34.1 Å². The Balaban J connectivity index is 1.48. The molecule has 2 fully saturated rings. The highest BCUT2D eigenvalue weighted by atomic mass is 16.7. The van der Waals surface area contributed by atoms with Crippen LogP contribution in [0.15, 0.2) is 54.6 Å². The largest absolute Gasteiger partial charge is 0.482 e. The van der Waals surface area contributed by atoms with Gasteiger partial charge in [-0.15, -0.1) is 0 Å². The summed E-state index contributed by atoms with van der Waals surface area (Å²) >= 11 is 0. The van der Waals surface area contributed by atoms with Gasteiger partial charge in [-0.2, -0.15) is 0 Å². The normalized spacial score (nSPS) is 32.4. The smallest absolute Gasteiger partial charge is 0.269 e. The molecule has 148 valence electrons. The summed E-state index contributed by atoms with van der Waals surface area (Å²) in [6, 6.07) is 14.6. The highest BCUT2D eigenvalue weighted by Crippen LogP contribution is 2.35. The number of nitrogens with zero attached hydrogens (tertiary/aromatic N) is 1. The Morgan fingerprint density at radius 1 is 1.04 bits per heavy atom. The van der Waals surface area contributed by atoms with Gasteiger partial charge in [-0.25, -0.2) is 0 Å². The fraction of sp³-hybridized carbons (Fsp3) is 0.368. The number of hydrogen-bond donors (Lipinski definition) is 2. The standard InChI is InChI=1S/C19H19NO8/c21-15-16-14(10-25-19(28-16)11-4-2-1-3-5-11)27-18(22)17(15)26-13-8-6-12(7-9-13)20(23)24/h1-9,14-19,21-22H,10H2/t14-,15+,16-,17-,18+,19?/m1/s1. The van der Waals surface area contributed by atoms with E-state index in [-0.39, 0.29) is 18.0 Å². The lowest BCUT2D eigenvalue weighted by Gasteiger charge is -2.46. The average Bonchev–Trinajstić information content (AvgIpc) is 2.72. The molecule has 2 aromatic rings. The molecule has 9 nitrogen and oxygen atoms in total. The Labute approximate surface area is 160 Å². The van der Waals surface area contributed by atoms with Crippen LogP contribution in [0.4, 0.5) is 5.69 Å². The van der Waals surface area contributed by atoms with Crippen LogP contribution in [0.25, 0.3) is 0 Å². The van der Waals surface area contributed by atoms with Crippen molar-refractivity contribution in [2.24, 2.45) is 0 Å². The molecule has 2 saturated heterocycles. The van der Waals surface area contributed by atoms with Crippen LogP contribution in [0.1, 0.15) is 11.9 Å². The highest BCUT2D eigenvalue weighted by Gasteiger charge is 2.50. The molecule has 0 aromatic heterocycles. The average molecular weight is 389 g/mol. The molecule has 6 atom stereocenters. The van der Waals surface area contributed by atoms with Crippen molar-refractivity contribution in [2.45, 2.75) is 37.0 Å². The fourth-order valence-electron chi connectivity index (χ4n) is 3.29. The molecule has 1 unspecified atom stereocenters. The van der Waals surface area contributed by atoms with Gasteiger partial charge >= 0.3 is 0 Å². The first-order valence-corrected chi connectivity index (χ1v) is 8.77. The van der Waals surface area contributed by atoms with Crippen LogP contribution in [-0.2, 0) is 14.2 Å². The number of fused-ring (bicyclic) bond motifs is 1. The number of benzene rings is 2. The van der Waals surface area contributed by atoms with Gasteiger partial charge in [-0.1, -0.05) is 30.3 Å². The number of nitro groups is 1. The van der Waals surface area contributed by atoms with Crippen LogP contribution in [0.3, 0.4) is 0 Å². The lowest BCUT2D eigenvalue weighted by atomic mass is 9.97. The summed E-state index contributed by atoms with van der Waals surface area (Å²) in [5.41, 5.74) is 0.707. The number of ether oxygens (including phenoxy) is 4. The predicted octanol–water partition coefficient (Wildman–Crippen LogP) is 1.53. The molecule has 28 heavy (non-hydrogen) atoms. The number of aliphatic hydroxyl groups is 2. The fourth-order valence-corrected chi connectivity index (χ4v) is 3.29. The molecule has 2 aliphatic rings. The van der Waals surface area contributed by atoms with E-state index in [9.17, 15) is 20.3 Å². The number of non-ortho nitro benzene ring substituents is 1. The zero-order chi connectivity index (χ0) is 19.7. The summed E-state index contributed by atoms with van der Waals surface area (Å²) in [7, 11) is 0. The lowest BCUT2D eigenvalue weighted by molar-refractivity contribution is -0.384. The first kappa shape index (κ1) is 18.8. The molecule has 9 heteroatoms. The highest BCUT2D eigenvalue weighted by molar-refractivity contribution is 5.36. The Kier molecular flexibility index (Phi) is 5.25. The maximum atomic E-state index is 10.7. The molecule has 2 heterocycles. The zero-order valence-corrected chi connectivity index (χ0v) is 14.7. The second-order valence-corrected chi connectivity index (χ2v) is 6.57. The van der Waals surface area contributed by atoms with Crippen molar-refractivity contribution in [2.75, 3.05) is 6.61 Å². The Morgan fingerprint density at radius 3 is 2.43 bits per heavy atom. The summed E-state index contributed by atoms with van der Waals surface area (Å²) < 4.78 is 22.7. The van der Waals surface area contributed by atoms with E-state index in [2.05, 4.69) is 0 Å². The number of rotatable bonds is 4. The van der Waals surface area contributed by atoms with Crippen molar-refractivity contribution in [3.8, 4) is 5.75 Å². The number of aliphatic hydroxyl groups excluding tert-OH is 2. The lowest BCUT2D eigenvalue weighted by Crippen LogP contribution is -2.63. The molecule has 0 bridgehead atoms. The first-order chi connectivity index (χ1) is 13.5. The van der Waals surface area contributed by atoms with Gasteiger partial charge in [0, 0.05) is 17.7 Å². The van der Waals surface area contributed by atoms with Crippen LogP contribution >= 0.6 is 0 Å². The van der Waals surface area contributed by atoms with Crippen LogP contribution in [0.5, 0.6) is 5.75 Å².